The van der Waals surface area contributed by atoms with Gasteiger partial charge in [-0.25, -0.2) is 0 Å². The van der Waals surface area contributed by atoms with Crippen LogP contribution in [0.3, 0.4) is 0 Å². The van der Waals surface area contributed by atoms with E-state index < -0.39 is 0 Å². The summed E-state index contributed by atoms with van der Waals surface area (Å²) in [6.07, 6.45) is 0. The molecular formula is C59H60BNO2. The lowest BCUT2D eigenvalue weighted by atomic mass is 9.33. The van der Waals surface area contributed by atoms with Gasteiger partial charge in [0.15, 0.2) is 0 Å². The van der Waals surface area contributed by atoms with Gasteiger partial charge in [0.2, 0.25) is 0 Å². The standard InChI is InChI=1S/C59H60BNO2/c1-35-28-36(2)30-37(29-35)38-31-49-54-50(32-38)63-51-34-47(61(42-23-18-39(19-24-42)56(3,4)5)43-25-20-40(21-26-43)57(6,7)8)53-52(44-16-14-15-17-45(44)59(53,12)13)55(51)60(54)46-33-41(58(9,10)11)22-27-48(46)62-49/h14-34H,1-13H3. The SMILES string of the molecule is Cc1cc(C)cc(-c2cc3c4c(c2)Oc2cc(N(c5ccc(C(C)(C)C)cc5)c5ccc(C(C)(C)C)cc5)c5c(c2B4c2cc(C(C)(C)C)ccc2O3)-c2ccccc2C5(C)C)c1. The number of ether oxygens (including phenoxy) is 2. The summed E-state index contributed by atoms with van der Waals surface area (Å²) in [6.45, 7) is 29.6. The van der Waals surface area contributed by atoms with Gasteiger partial charge in [-0.3, -0.25) is 0 Å². The molecule has 0 aromatic heterocycles. The smallest absolute Gasteiger partial charge is 0.261 e. The van der Waals surface area contributed by atoms with Crippen LogP contribution in [0.15, 0.2) is 127 Å². The third-order valence-electron chi connectivity index (χ3n) is 13.9. The summed E-state index contributed by atoms with van der Waals surface area (Å²) in [7, 11) is 0. The molecule has 63 heavy (non-hydrogen) atoms. The molecule has 0 fully saturated rings. The Hall–Kier alpha value is -6.00. The zero-order valence-electron chi connectivity index (χ0n) is 39.5. The lowest BCUT2D eigenvalue weighted by Gasteiger charge is -2.38. The van der Waals surface area contributed by atoms with E-state index in [4.69, 9.17) is 9.47 Å². The number of hydrogen-bond acceptors (Lipinski definition) is 3. The maximum Gasteiger partial charge on any atom is 0.261 e. The highest BCUT2D eigenvalue weighted by Gasteiger charge is 2.48. The van der Waals surface area contributed by atoms with Crippen molar-refractivity contribution in [2.75, 3.05) is 4.90 Å². The summed E-state index contributed by atoms with van der Waals surface area (Å²) >= 11 is 0. The monoisotopic (exact) mass is 825 g/mol. The second kappa shape index (κ2) is 14.0. The van der Waals surface area contributed by atoms with Crippen LogP contribution in [0.4, 0.5) is 17.1 Å². The van der Waals surface area contributed by atoms with Gasteiger partial charge >= 0.3 is 0 Å². The van der Waals surface area contributed by atoms with Crippen LogP contribution in [0.2, 0.25) is 0 Å². The van der Waals surface area contributed by atoms with Gasteiger partial charge in [-0.2, -0.15) is 0 Å². The molecular weight excluding hydrogens is 765 g/mol. The van der Waals surface area contributed by atoms with Crippen LogP contribution in [0.5, 0.6) is 23.0 Å². The Morgan fingerprint density at radius 3 is 1.54 bits per heavy atom. The third kappa shape index (κ3) is 6.71. The third-order valence-corrected chi connectivity index (χ3v) is 13.9. The molecule has 0 saturated carbocycles. The van der Waals surface area contributed by atoms with Crippen molar-refractivity contribution in [2.24, 2.45) is 0 Å². The summed E-state index contributed by atoms with van der Waals surface area (Å²) in [4.78, 5) is 2.48. The highest BCUT2D eigenvalue weighted by Crippen LogP contribution is 2.56. The van der Waals surface area contributed by atoms with E-state index in [9.17, 15) is 0 Å². The molecule has 4 heteroatoms. The van der Waals surface area contributed by atoms with Crippen molar-refractivity contribution in [3.8, 4) is 45.3 Å². The molecule has 1 aliphatic carbocycles. The van der Waals surface area contributed by atoms with E-state index in [1.54, 1.807) is 0 Å². The van der Waals surface area contributed by atoms with E-state index in [0.717, 1.165) is 56.6 Å². The first-order valence-corrected chi connectivity index (χ1v) is 22.8. The van der Waals surface area contributed by atoms with Crippen LogP contribution in [0.25, 0.3) is 22.3 Å². The molecule has 0 atom stereocenters. The van der Waals surface area contributed by atoms with Crippen molar-refractivity contribution in [1.82, 2.24) is 0 Å². The minimum atomic E-state index is -0.331. The van der Waals surface area contributed by atoms with E-state index >= 15 is 0 Å². The normalized spacial score (nSPS) is 14.5. The number of hydrogen-bond donors (Lipinski definition) is 0. The number of rotatable bonds is 4. The fourth-order valence-corrected chi connectivity index (χ4v) is 10.5. The highest BCUT2D eigenvalue weighted by atomic mass is 16.5. The Balaban J connectivity index is 1.30. The Bertz CT molecular complexity index is 2910. The molecule has 2 aliphatic heterocycles. The Labute approximate surface area is 376 Å². The average Bonchev–Trinajstić information content (AvgIpc) is 3.46. The second-order valence-corrected chi connectivity index (χ2v) is 22.1. The van der Waals surface area contributed by atoms with Gasteiger partial charge in [0.25, 0.3) is 6.71 Å². The summed E-state index contributed by atoms with van der Waals surface area (Å²) in [5.41, 5.74) is 20.3. The van der Waals surface area contributed by atoms with Crippen molar-refractivity contribution in [3.63, 3.8) is 0 Å². The summed E-state index contributed by atoms with van der Waals surface area (Å²) < 4.78 is 14.5. The van der Waals surface area contributed by atoms with E-state index in [-0.39, 0.29) is 28.4 Å². The van der Waals surface area contributed by atoms with E-state index in [0.29, 0.717) is 0 Å². The van der Waals surface area contributed by atoms with Crippen LogP contribution in [0.1, 0.15) is 115 Å². The highest BCUT2D eigenvalue weighted by molar-refractivity contribution is 6.99. The number of fused-ring (bicyclic) bond motifs is 8. The number of anilines is 3. The van der Waals surface area contributed by atoms with Gasteiger partial charge in [-0.15, -0.1) is 0 Å². The van der Waals surface area contributed by atoms with Gasteiger partial charge in [0.1, 0.15) is 23.0 Å². The van der Waals surface area contributed by atoms with E-state index in [1.807, 2.05) is 0 Å². The van der Waals surface area contributed by atoms with Crippen LogP contribution in [-0.2, 0) is 21.7 Å². The fraction of sp³-hybridized carbons (Fsp3) is 0.288. The van der Waals surface area contributed by atoms with E-state index in [1.165, 1.54) is 61.0 Å². The van der Waals surface area contributed by atoms with Gasteiger partial charge in [-0.05, 0) is 134 Å². The first kappa shape index (κ1) is 41.0. The maximum absolute atomic E-state index is 7.45. The minimum Gasteiger partial charge on any atom is -0.458 e. The summed E-state index contributed by atoms with van der Waals surface area (Å²) in [6, 6.07) is 48.0. The lowest BCUT2D eigenvalue weighted by molar-refractivity contribution is 0.464. The molecule has 3 nitrogen and oxygen atoms in total. The van der Waals surface area contributed by atoms with Gasteiger partial charge in [-0.1, -0.05) is 166 Å². The Kier molecular flexibility index (Phi) is 9.12. The predicted octanol–water partition coefficient (Wildman–Crippen LogP) is 14.4. The molecule has 0 radical (unpaired) electrons. The zero-order chi connectivity index (χ0) is 44.5. The molecule has 0 N–H and O–H groups in total. The fourth-order valence-electron chi connectivity index (χ4n) is 10.5. The molecule has 7 aromatic carbocycles. The first-order chi connectivity index (χ1) is 29.7. The van der Waals surface area contributed by atoms with Crippen LogP contribution in [-0.4, -0.2) is 6.71 Å². The van der Waals surface area contributed by atoms with Crippen molar-refractivity contribution in [2.45, 2.75) is 112 Å². The molecule has 0 saturated heterocycles. The van der Waals surface area contributed by atoms with Crippen molar-refractivity contribution < 1.29 is 9.47 Å². The Morgan fingerprint density at radius 2 is 0.984 bits per heavy atom. The molecule has 2 heterocycles. The summed E-state index contributed by atoms with van der Waals surface area (Å²) in [5.74, 6) is 3.49. The minimum absolute atomic E-state index is 0.0252. The molecule has 10 rings (SSSR count). The molecule has 0 unspecified atom stereocenters. The lowest BCUT2D eigenvalue weighted by Crippen LogP contribution is -2.58. The number of benzene rings is 7. The van der Waals surface area contributed by atoms with Crippen molar-refractivity contribution in [1.29, 1.82) is 0 Å². The molecule has 0 bridgehead atoms. The Morgan fingerprint density at radius 1 is 0.492 bits per heavy atom. The van der Waals surface area contributed by atoms with Gasteiger partial charge in [0, 0.05) is 28.3 Å². The number of aryl methyl sites for hydroxylation is 2. The molecule has 0 amide bonds. The molecule has 0 spiro atoms. The molecule has 316 valence electrons. The topological polar surface area (TPSA) is 21.7 Å². The van der Waals surface area contributed by atoms with Crippen LogP contribution >= 0.6 is 0 Å². The van der Waals surface area contributed by atoms with Crippen molar-refractivity contribution >= 4 is 40.2 Å². The largest absolute Gasteiger partial charge is 0.458 e. The average molecular weight is 826 g/mol. The maximum atomic E-state index is 7.45. The molecule has 3 aliphatic rings. The second-order valence-electron chi connectivity index (χ2n) is 22.1. The van der Waals surface area contributed by atoms with Crippen molar-refractivity contribution in [3.05, 3.63) is 166 Å². The van der Waals surface area contributed by atoms with Crippen LogP contribution in [0, 0.1) is 13.8 Å². The van der Waals surface area contributed by atoms with Gasteiger partial charge < -0.3 is 14.4 Å². The van der Waals surface area contributed by atoms with Crippen LogP contribution < -0.4 is 30.8 Å². The zero-order valence-corrected chi connectivity index (χ0v) is 39.5. The van der Waals surface area contributed by atoms with Gasteiger partial charge in [0.05, 0.1) is 5.69 Å². The first-order valence-electron chi connectivity index (χ1n) is 22.8. The molecule has 7 aromatic rings. The number of nitrogens with zero attached hydrogens (tertiary/aromatic N) is 1. The summed E-state index contributed by atoms with van der Waals surface area (Å²) in [5, 5.41) is 0. The quantitative estimate of drug-likeness (QED) is 0.165. The predicted molar refractivity (Wildman–Crippen MR) is 267 cm³/mol. The van der Waals surface area contributed by atoms with E-state index in [2.05, 4.69) is 222 Å².